The van der Waals surface area contributed by atoms with Crippen LogP contribution in [-0.4, -0.2) is 28.9 Å². The number of hydrogen-bond acceptors (Lipinski definition) is 7. The molecule has 2 N–H and O–H groups in total. The summed E-state index contributed by atoms with van der Waals surface area (Å²) in [5.41, 5.74) is 4.33. The van der Waals surface area contributed by atoms with E-state index in [1.807, 2.05) is 6.07 Å². The van der Waals surface area contributed by atoms with Crippen molar-refractivity contribution in [2.45, 2.75) is 6.92 Å². The van der Waals surface area contributed by atoms with Crippen LogP contribution in [0.4, 0.5) is 11.4 Å². The van der Waals surface area contributed by atoms with Gasteiger partial charge in [-0.15, -0.1) is 0 Å². The monoisotopic (exact) mass is 522 g/mol. The summed E-state index contributed by atoms with van der Waals surface area (Å²) in [7, 11) is 0. The number of ether oxygens (including phenoxy) is 1. The van der Waals surface area contributed by atoms with Crippen molar-refractivity contribution in [1.82, 2.24) is 5.43 Å². The fourth-order valence-corrected chi connectivity index (χ4v) is 3.55. The van der Waals surface area contributed by atoms with Crippen LogP contribution in [0.2, 0.25) is 0 Å². The van der Waals surface area contributed by atoms with Crippen LogP contribution >= 0.6 is 0 Å². The van der Waals surface area contributed by atoms with Crippen LogP contribution in [0.25, 0.3) is 0 Å². The van der Waals surface area contributed by atoms with Crippen LogP contribution in [0.3, 0.4) is 0 Å². The Morgan fingerprint density at radius 3 is 2.18 bits per heavy atom. The molecule has 0 radical (unpaired) electrons. The first-order chi connectivity index (χ1) is 18.8. The number of anilines is 1. The van der Waals surface area contributed by atoms with E-state index in [1.165, 1.54) is 36.4 Å². The largest absolute Gasteiger partial charge is 0.415 e. The highest BCUT2D eigenvalue weighted by molar-refractivity contribution is 6.04. The Morgan fingerprint density at radius 1 is 0.821 bits per heavy atom. The molecule has 4 rings (SSSR count). The summed E-state index contributed by atoms with van der Waals surface area (Å²) >= 11 is 0. The number of amides is 2. The number of carbonyl (C=O) groups excluding carboxylic acids is 3. The molecule has 4 aromatic carbocycles. The molecule has 0 spiro atoms. The number of carbonyl (C=O) groups is 3. The summed E-state index contributed by atoms with van der Waals surface area (Å²) in [6.07, 6.45) is 1.15. The predicted octanol–water partition coefficient (Wildman–Crippen LogP) is 5.14. The number of aryl methyl sites for hydroxylation is 1. The third-order valence-electron chi connectivity index (χ3n) is 5.48. The molecule has 0 aromatic heterocycles. The minimum absolute atomic E-state index is 0.115. The van der Waals surface area contributed by atoms with Crippen LogP contribution in [0.5, 0.6) is 5.75 Å². The second-order valence-electron chi connectivity index (χ2n) is 8.31. The second-order valence-corrected chi connectivity index (χ2v) is 8.31. The maximum Gasteiger partial charge on any atom is 0.343 e. The van der Waals surface area contributed by atoms with Crippen molar-refractivity contribution in [3.8, 4) is 5.75 Å². The quantitative estimate of drug-likeness (QED) is 0.108. The zero-order valence-corrected chi connectivity index (χ0v) is 20.7. The number of para-hydroxylation sites is 1. The molecular formula is C29H22N4O6. The molecule has 0 aliphatic heterocycles. The molecule has 0 saturated heterocycles. The molecule has 2 amide bonds. The van der Waals surface area contributed by atoms with E-state index >= 15 is 0 Å². The lowest BCUT2D eigenvalue weighted by atomic mass is 10.1. The third kappa shape index (κ3) is 6.77. The van der Waals surface area contributed by atoms with Gasteiger partial charge in [0, 0.05) is 28.4 Å². The Bertz CT molecular complexity index is 1570. The molecule has 0 bridgehead atoms. The summed E-state index contributed by atoms with van der Waals surface area (Å²) in [5.74, 6) is -1.92. The number of hydrazone groups is 1. The first kappa shape index (κ1) is 26.4. The number of nitrogens with zero attached hydrogens (tertiary/aromatic N) is 2. The van der Waals surface area contributed by atoms with Crippen molar-refractivity contribution in [2.75, 3.05) is 5.32 Å². The Balaban J connectivity index is 1.45. The maximum absolute atomic E-state index is 12.7. The standard InChI is InChI=1S/C29H22N4O6/c1-19-7-5-10-22(17-19)29(36)39-26-23(11-6-12-25(26)33(37)38)18-30-32-28(35)21-13-15-24(16-14-21)31-27(34)20-8-3-2-4-9-20/h2-18H,1H3,(H,31,34)(H,32,35)/b30-18+. The number of nitrogens with one attached hydrogen (secondary N) is 2. The van der Waals surface area contributed by atoms with Gasteiger partial charge in [-0.05, 0) is 61.5 Å². The van der Waals surface area contributed by atoms with E-state index in [4.69, 9.17) is 4.74 Å². The van der Waals surface area contributed by atoms with Crippen LogP contribution < -0.4 is 15.5 Å². The van der Waals surface area contributed by atoms with Gasteiger partial charge >= 0.3 is 11.7 Å². The number of rotatable bonds is 8. The first-order valence-corrected chi connectivity index (χ1v) is 11.7. The average Bonchev–Trinajstić information content (AvgIpc) is 2.94. The molecule has 0 aliphatic carbocycles. The van der Waals surface area contributed by atoms with Gasteiger partial charge in [0.2, 0.25) is 5.75 Å². The summed E-state index contributed by atoms with van der Waals surface area (Å²) in [5, 5.41) is 18.2. The van der Waals surface area contributed by atoms with Gasteiger partial charge in [0.1, 0.15) is 0 Å². The lowest BCUT2D eigenvalue weighted by molar-refractivity contribution is -0.385. The van der Waals surface area contributed by atoms with Gasteiger partial charge in [-0.25, -0.2) is 10.2 Å². The van der Waals surface area contributed by atoms with Crippen LogP contribution in [-0.2, 0) is 0 Å². The van der Waals surface area contributed by atoms with Crippen molar-refractivity contribution in [2.24, 2.45) is 5.10 Å². The lowest BCUT2D eigenvalue weighted by Gasteiger charge is -2.09. The van der Waals surface area contributed by atoms with E-state index in [0.29, 0.717) is 11.3 Å². The van der Waals surface area contributed by atoms with Gasteiger partial charge in [0.25, 0.3) is 11.8 Å². The highest BCUT2D eigenvalue weighted by atomic mass is 16.6. The number of nitro benzene ring substituents is 1. The number of nitro groups is 1. The van der Waals surface area contributed by atoms with Crippen molar-refractivity contribution in [3.05, 3.63) is 135 Å². The highest BCUT2D eigenvalue weighted by Gasteiger charge is 2.22. The van der Waals surface area contributed by atoms with E-state index in [0.717, 1.165) is 11.8 Å². The molecule has 0 unspecified atom stereocenters. The van der Waals surface area contributed by atoms with Gasteiger partial charge < -0.3 is 10.1 Å². The SMILES string of the molecule is Cc1cccc(C(=O)Oc2c(/C=N/NC(=O)c3ccc(NC(=O)c4ccccc4)cc3)cccc2[N+](=O)[O-])c1. The number of benzene rings is 4. The summed E-state index contributed by atoms with van der Waals surface area (Å²) in [6, 6.07) is 25.5. The minimum Gasteiger partial charge on any atom is -0.415 e. The van der Waals surface area contributed by atoms with E-state index in [1.54, 1.807) is 61.5 Å². The zero-order valence-electron chi connectivity index (χ0n) is 20.7. The molecule has 194 valence electrons. The van der Waals surface area contributed by atoms with Crippen molar-refractivity contribution >= 4 is 35.4 Å². The van der Waals surface area contributed by atoms with Gasteiger partial charge in [0.05, 0.1) is 16.7 Å². The number of hydrogen-bond donors (Lipinski definition) is 2. The molecule has 39 heavy (non-hydrogen) atoms. The summed E-state index contributed by atoms with van der Waals surface area (Å²) in [4.78, 5) is 48.4. The average molecular weight is 523 g/mol. The summed E-state index contributed by atoms with van der Waals surface area (Å²) < 4.78 is 5.38. The second kappa shape index (κ2) is 12.1. The van der Waals surface area contributed by atoms with Crippen molar-refractivity contribution < 1.29 is 24.0 Å². The fraction of sp³-hybridized carbons (Fsp3) is 0.0345. The number of esters is 1. The molecule has 0 saturated carbocycles. The molecule has 0 aliphatic rings. The van der Waals surface area contributed by atoms with Crippen LogP contribution in [0.15, 0.2) is 102 Å². The lowest BCUT2D eigenvalue weighted by Crippen LogP contribution is -2.18. The third-order valence-corrected chi connectivity index (χ3v) is 5.48. The highest BCUT2D eigenvalue weighted by Crippen LogP contribution is 2.30. The van der Waals surface area contributed by atoms with E-state index in [9.17, 15) is 24.5 Å². The van der Waals surface area contributed by atoms with Crippen molar-refractivity contribution in [3.63, 3.8) is 0 Å². The van der Waals surface area contributed by atoms with Crippen LogP contribution in [0.1, 0.15) is 42.2 Å². The molecule has 4 aromatic rings. The Kier molecular flexibility index (Phi) is 8.17. The van der Waals surface area contributed by atoms with Gasteiger partial charge in [-0.2, -0.15) is 5.10 Å². The summed E-state index contributed by atoms with van der Waals surface area (Å²) in [6.45, 7) is 1.80. The van der Waals surface area contributed by atoms with Gasteiger partial charge in [-0.1, -0.05) is 42.0 Å². The van der Waals surface area contributed by atoms with Gasteiger partial charge in [-0.3, -0.25) is 19.7 Å². The Labute approximate surface area is 223 Å². The molecule has 0 atom stereocenters. The van der Waals surface area contributed by atoms with Crippen molar-refractivity contribution in [1.29, 1.82) is 0 Å². The molecule has 0 heterocycles. The fourth-order valence-electron chi connectivity index (χ4n) is 3.55. The molecule has 10 nitrogen and oxygen atoms in total. The minimum atomic E-state index is -0.772. The molecular weight excluding hydrogens is 500 g/mol. The molecule has 0 fully saturated rings. The first-order valence-electron chi connectivity index (χ1n) is 11.7. The smallest absolute Gasteiger partial charge is 0.343 e. The predicted molar refractivity (Wildman–Crippen MR) is 145 cm³/mol. The topological polar surface area (TPSA) is 140 Å². The Morgan fingerprint density at radius 2 is 1.49 bits per heavy atom. The Hall–Kier alpha value is -5.64. The van der Waals surface area contributed by atoms with E-state index in [-0.39, 0.29) is 28.3 Å². The van der Waals surface area contributed by atoms with E-state index < -0.39 is 22.5 Å². The maximum atomic E-state index is 12.7. The van der Waals surface area contributed by atoms with Crippen LogP contribution in [0, 0.1) is 17.0 Å². The zero-order chi connectivity index (χ0) is 27.8. The van der Waals surface area contributed by atoms with E-state index in [2.05, 4.69) is 15.8 Å². The normalized spacial score (nSPS) is 10.6. The van der Waals surface area contributed by atoms with Gasteiger partial charge in [0.15, 0.2) is 0 Å². The molecule has 10 heteroatoms.